The van der Waals surface area contributed by atoms with Crippen LogP contribution in [-0.2, 0) is 9.84 Å². The maximum absolute atomic E-state index is 11.4. The first-order valence-electron chi connectivity index (χ1n) is 5.52. The fraction of sp³-hybridized carbons (Fsp3) is 0.545. The molecule has 0 atom stereocenters. The van der Waals surface area contributed by atoms with Crippen LogP contribution < -0.4 is 4.90 Å². The molecule has 1 aliphatic rings. The van der Waals surface area contributed by atoms with E-state index >= 15 is 0 Å². The molecule has 1 aliphatic heterocycles. The van der Waals surface area contributed by atoms with E-state index in [0.29, 0.717) is 17.9 Å². The Morgan fingerprint density at radius 2 is 2.00 bits per heavy atom. The van der Waals surface area contributed by atoms with Crippen molar-refractivity contribution in [3.63, 3.8) is 0 Å². The molecule has 2 heterocycles. The minimum Gasteiger partial charge on any atom is -0.357 e. The first-order chi connectivity index (χ1) is 7.97. The summed E-state index contributed by atoms with van der Waals surface area (Å²) in [5.74, 6) is 0.862. The lowest BCUT2D eigenvalue weighted by molar-refractivity contribution is 0.532. The summed E-state index contributed by atoms with van der Waals surface area (Å²) in [7, 11) is -2.91. The van der Waals surface area contributed by atoms with E-state index in [9.17, 15) is 8.42 Å². The third-order valence-electron chi connectivity index (χ3n) is 3.08. The first-order valence-corrected chi connectivity index (χ1v) is 7.85. The van der Waals surface area contributed by atoms with E-state index in [-0.39, 0.29) is 5.25 Å². The van der Waals surface area contributed by atoms with Gasteiger partial charge in [-0.3, -0.25) is 0 Å². The topological polar surface area (TPSA) is 50.3 Å². The molecular weight excluding hydrogens is 260 g/mol. The summed E-state index contributed by atoms with van der Waals surface area (Å²) in [4.78, 5) is 6.33. The Kier molecular flexibility index (Phi) is 3.58. The standard InChI is InChI=1S/C11H15ClN2O2S/c1-17(15,16)10-4-6-14(7-5-10)11-3-2-9(12)8-13-11/h2-3,8,10H,4-7H2,1H3. The zero-order valence-corrected chi connectivity index (χ0v) is 11.2. The van der Waals surface area contributed by atoms with E-state index in [1.165, 1.54) is 6.26 Å². The Balaban J connectivity index is 2.02. The highest BCUT2D eigenvalue weighted by molar-refractivity contribution is 7.91. The van der Waals surface area contributed by atoms with E-state index in [2.05, 4.69) is 9.88 Å². The lowest BCUT2D eigenvalue weighted by atomic mass is 10.1. The third kappa shape index (κ3) is 3.10. The second-order valence-corrected chi connectivity index (χ2v) is 7.11. The second-order valence-electron chi connectivity index (χ2n) is 4.35. The van der Waals surface area contributed by atoms with Gasteiger partial charge in [0.2, 0.25) is 0 Å². The highest BCUT2D eigenvalue weighted by atomic mass is 35.5. The van der Waals surface area contributed by atoms with Crippen LogP contribution in [0.15, 0.2) is 18.3 Å². The molecule has 1 fully saturated rings. The van der Waals surface area contributed by atoms with Crippen LogP contribution in [0.5, 0.6) is 0 Å². The van der Waals surface area contributed by atoms with Crippen molar-refractivity contribution in [2.45, 2.75) is 18.1 Å². The molecule has 0 amide bonds. The highest BCUT2D eigenvalue weighted by Crippen LogP contribution is 2.22. The predicted octanol–water partition coefficient (Wildman–Crippen LogP) is 1.75. The Morgan fingerprint density at radius 1 is 1.35 bits per heavy atom. The number of nitrogens with zero attached hydrogens (tertiary/aromatic N) is 2. The quantitative estimate of drug-likeness (QED) is 0.824. The van der Waals surface area contributed by atoms with Crippen molar-refractivity contribution in [2.24, 2.45) is 0 Å². The maximum atomic E-state index is 11.4. The zero-order valence-electron chi connectivity index (χ0n) is 9.63. The average Bonchev–Trinajstić information content (AvgIpc) is 2.29. The van der Waals surface area contributed by atoms with Crippen LogP contribution in [-0.4, -0.2) is 38.0 Å². The molecule has 0 radical (unpaired) electrons. The van der Waals surface area contributed by atoms with Crippen molar-refractivity contribution in [3.05, 3.63) is 23.4 Å². The Labute approximate surface area is 107 Å². The molecular formula is C11H15ClN2O2S. The molecule has 1 aromatic rings. The van der Waals surface area contributed by atoms with Gasteiger partial charge in [0.25, 0.3) is 0 Å². The van der Waals surface area contributed by atoms with Gasteiger partial charge in [-0.1, -0.05) is 11.6 Å². The average molecular weight is 275 g/mol. The molecule has 1 aromatic heterocycles. The predicted molar refractivity (Wildman–Crippen MR) is 69.3 cm³/mol. The van der Waals surface area contributed by atoms with Crippen molar-refractivity contribution < 1.29 is 8.42 Å². The summed E-state index contributed by atoms with van der Waals surface area (Å²) < 4.78 is 22.8. The number of rotatable bonds is 2. The minimum absolute atomic E-state index is 0.203. The lowest BCUT2D eigenvalue weighted by Gasteiger charge is -2.31. The molecule has 0 N–H and O–H groups in total. The number of aromatic nitrogens is 1. The largest absolute Gasteiger partial charge is 0.357 e. The van der Waals surface area contributed by atoms with Crippen molar-refractivity contribution in [1.29, 1.82) is 0 Å². The molecule has 0 aromatic carbocycles. The molecule has 0 unspecified atom stereocenters. The minimum atomic E-state index is -2.91. The van der Waals surface area contributed by atoms with Crippen LogP contribution in [0, 0.1) is 0 Å². The second kappa shape index (κ2) is 4.82. The molecule has 6 heteroatoms. The summed E-state index contributed by atoms with van der Waals surface area (Å²) >= 11 is 5.77. The van der Waals surface area contributed by atoms with Gasteiger partial charge in [-0.25, -0.2) is 13.4 Å². The van der Waals surface area contributed by atoms with Crippen molar-refractivity contribution in [2.75, 3.05) is 24.2 Å². The fourth-order valence-electron chi connectivity index (χ4n) is 2.07. The number of sulfone groups is 1. The summed E-state index contributed by atoms with van der Waals surface area (Å²) in [6, 6.07) is 3.66. The number of halogens is 1. The molecule has 17 heavy (non-hydrogen) atoms. The fourth-order valence-corrected chi connectivity index (χ4v) is 3.25. The first kappa shape index (κ1) is 12.6. The summed E-state index contributed by atoms with van der Waals surface area (Å²) in [5.41, 5.74) is 0. The maximum Gasteiger partial charge on any atom is 0.150 e. The molecule has 2 rings (SSSR count). The van der Waals surface area contributed by atoms with Gasteiger partial charge in [-0.15, -0.1) is 0 Å². The van der Waals surface area contributed by atoms with Crippen LogP contribution >= 0.6 is 11.6 Å². The van der Waals surface area contributed by atoms with E-state index in [1.54, 1.807) is 12.3 Å². The summed E-state index contributed by atoms with van der Waals surface area (Å²) in [5, 5.41) is 0.408. The van der Waals surface area contributed by atoms with E-state index < -0.39 is 9.84 Å². The van der Waals surface area contributed by atoms with Gasteiger partial charge in [-0.05, 0) is 25.0 Å². The number of piperidine rings is 1. The number of pyridine rings is 1. The van der Waals surface area contributed by atoms with Gasteiger partial charge in [-0.2, -0.15) is 0 Å². The van der Waals surface area contributed by atoms with E-state index in [4.69, 9.17) is 11.6 Å². The number of hydrogen-bond donors (Lipinski definition) is 0. The lowest BCUT2D eigenvalue weighted by Crippen LogP contribution is -2.39. The van der Waals surface area contributed by atoms with Crippen LogP contribution in [0.25, 0.3) is 0 Å². The van der Waals surface area contributed by atoms with Gasteiger partial charge in [0.1, 0.15) is 15.7 Å². The van der Waals surface area contributed by atoms with Crippen molar-refractivity contribution in [1.82, 2.24) is 4.98 Å². The SMILES string of the molecule is CS(=O)(=O)C1CCN(c2ccc(Cl)cn2)CC1. The van der Waals surface area contributed by atoms with Gasteiger partial charge >= 0.3 is 0 Å². The molecule has 0 aliphatic carbocycles. The Morgan fingerprint density at radius 3 is 2.47 bits per heavy atom. The Hall–Kier alpha value is -0.810. The van der Waals surface area contributed by atoms with Crippen molar-refractivity contribution in [3.8, 4) is 0 Å². The third-order valence-corrected chi connectivity index (χ3v) is 4.99. The van der Waals surface area contributed by atoms with Crippen LogP contribution in [0.1, 0.15) is 12.8 Å². The zero-order chi connectivity index (χ0) is 12.5. The van der Waals surface area contributed by atoms with Gasteiger partial charge in [0.15, 0.2) is 0 Å². The monoisotopic (exact) mass is 274 g/mol. The van der Waals surface area contributed by atoms with Gasteiger partial charge < -0.3 is 4.90 Å². The summed E-state index contributed by atoms with van der Waals surface area (Å²) in [6.45, 7) is 1.46. The normalized spacial score (nSPS) is 18.4. The van der Waals surface area contributed by atoms with E-state index in [0.717, 1.165) is 18.9 Å². The highest BCUT2D eigenvalue weighted by Gasteiger charge is 2.26. The van der Waals surface area contributed by atoms with E-state index in [1.807, 2.05) is 6.07 Å². The van der Waals surface area contributed by atoms with Gasteiger partial charge in [0, 0.05) is 25.5 Å². The smallest absolute Gasteiger partial charge is 0.150 e. The number of hydrogen-bond acceptors (Lipinski definition) is 4. The molecule has 1 saturated heterocycles. The van der Waals surface area contributed by atoms with Crippen LogP contribution in [0.4, 0.5) is 5.82 Å². The molecule has 0 spiro atoms. The molecule has 0 saturated carbocycles. The summed E-state index contributed by atoms with van der Waals surface area (Å²) in [6.07, 6.45) is 4.26. The van der Waals surface area contributed by atoms with Crippen molar-refractivity contribution >= 4 is 27.3 Å². The molecule has 4 nitrogen and oxygen atoms in total. The van der Waals surface area contributed by atoms with Crippen LogP contribution in [0.3, 0.4) is 0 Å². The molecule has 0 bridgehead atoms. The van der Waals surface area contributed by atoms with Gasteiger partial charge in [0.05, 0.1) is 10.3 Å². The number of anilines is 1. The molecule has 94 valence electrons. The Bertz CT molecular complexity index is 479. The van der Waals surface area contributed by atoms with Crippen LogP contribution in [0.2, 0.25) is 5.02 Å².